The van der Waals surface area contributed by atoms with Crippen LogP contribution in [-0.4, -0.2) is 29.3 Å². The fraction of sp³-hybridized carbons (Fsp3) is 0.444. The van der Waals surface area contributed by atoms with Crippen LogP contribution in [0.4, 0.5) is 0 Å². The number of carbonyl (C=O) groups is 1. The predicted octanol–water partition coefficient (Wildman–Crippen LogP) is 3.55. The Kier molecular flexibility index (Phi) is 3.54. The lowest BCUT2D eigenvalue weighted by Gasteiger charge is -2.26. The number of fused-ring (bicyclic) bond motifs is 2. The van der Waals surface area contributed by atoms with E-state index in [1.807, 2.05) is 0 Å². The summed E-state index contributed by atoms with van der Waals surface area (Å²) in [7, 11) is 2.10. The minimum Gasteiger partial charge on any atom is -0.302 e. The zero-order valence-electron chi connectivity index (χ0n) is 13.2. The first kappa shape index (κ1) is 14.2. The molecule has 0 saturated heterocycles. The molecule has 0 fully saturated rings. The summed E-state index contributed by atoms with van der Waals surface area (Å²) in [6, 6.07) is 6.35. The fourth-order valence-electron chi connectivity index (χ4n) is 3.16. The van der Waals surface area contributed by atoms with Gasteiger partial charge in [-0.25, -0.2) is 0 Å². The molecule has 110 valence electrons. The molecule has 2 aromatic rings. The third kappa shape index (κ3) is 2.46. The van der Waals surface area contributed by atoms with Crippen molar-refractivity contribution in [2.24, 2.45) is 0 Å². The minimum atomic E-state index is 0.148. The lowest BCUT2D eigenvalue weighted by molar-refractivity contribution is 0.101. The Hall–Kier alpha value is -1.74. The van der Waals surface area contributed by atoms with E-state index in [-0.39, 0.29) is 5.78 Å². The molecule has 3 heteroatoms. The van der Waals surface area contributed by atoms with Crippen molar-refractivity contribution in [2.45, 2.75) is 39.7 Å². The third-order valence-corrected chi connectivity index (χ3v) is 4.37. The average Bonchev–Trinajstić information content (AvgIpc) is 2.43. The molecule has 0 amide bonds. The van der Waals surface area contributed by atoms with E-state index >= 15 is 0 Å². The van der Waals surface area contributed by atoms with Crippen molar-refractivity contribution in [3.8, 4) is 0 Å². The van der Waals surface area contributed by atoms with Gasteiger partial charge in [-0.2, -0.15) is 0 Å². The molecule has 0 radical (unpaired) electrons. The summed E-state index contributed by atoms with van der Waals surface area (Å²) < 4.78 is 0. The van der Waals surface area contributed by atoms with E-state index in [1.54, 1.807) is 6.92 Å². The number of pyridine rings is 1. The Morgan fingerprint density at radius 1 is 1.33 bits per heavy atom. The summed E-state index contributed by atoms with van der Waals surface area (Å²) in [4.78, 5) is 19.3. The van der Waals surface area contributed by atoms with E-state index in [1.165, 1.54) is 5.56 Å². The van der Waals surface area contributed by atoms with Gasteiger partial charge in [0.25, 0.3) is 0 Å². The third-order valence-electron chi connectivity index (χ3n) is 4.37. The standard InChI is InChI=1S/C18H22N2O/c1-11(2)13-5-6-16-14(9-13)18(12(3)21)15-10-20(4)8-7-17(15)19-16/h5-6,9,11H,7-8,10H2,1-4H3. The topological polar surface area (TPSA) is 33.2 Å². The highest BCUT2D eigenvalue weighted by Crippen LogP contribution is 2.30. The summed E-state index contributed by atoms with van der Waals surface area (Å²) >= 11 is 0. The number of carbonyl (C=O) groups excluding carboxylic acids is 1. The second-order valence-corrected chi connectivity index (χ2v) is 6.39. The molecule has 0 unspecified atom stereocenters. The van der Waals surface area contributed by atoms with Crippen molar-refractivity contribution in [1.29, 1.82) is 0 Å². The lowest BCUT2D eigenvalue weighted by atomic mass is 9.91. The van der Waals surface area contributed by atoms with Gasteiger partial charge in [-0.05, 0) is 43.1 Å². The monoisotopic (exact) mass is 282 g/mol. The molecule has 0 saturated carbocycles. The van der Waals surface area contributed by atoms with E-state index < -0.39 is 0 Å². The van der Waals surface area contributed by atoms with Crippen LogP contribution in [0, 0.1) is 0 Å². The molecule has 21 heavy (non-hydrogen) atoms. The van der Waals surface area contributed by atoms with Crippen molar-refractivity contribution in [1.82, 2.24) is 9.88 Å². The highest BCUT2D eigenvalue weighted by Gasteiger charge is 2.23. The Labute approximate surface area is 126 Å². The number of likely N-dealkylation sites (N-methyl/N-ethyl adjacent to an activating group) is 1. The summed E-state index contributed by atoms with van der Waals surface area (Å²) in [5.41, 5.74) is 5.32. The van der Waals surface area contributed by atoms with Crippen LogP contribution >= 0.6 is 0 Å². The van der Waals surface area contributed by atoms with Crippen molar-refractivity contribution in [3.05, 3.63) is 40.6 Å². The predicted molar refractivity (Wildman–Crippen MR) is 85.9 cm³/mol. The smallest absolute Gasteiger partial charge is 0.160 e. The molecule has 0 N–H and O–H groups in total. The second-order valence-electron chi connectivity index (χ2n) is 6.39. The maximum absolute atomic E-state index is 12.3. The Morgan fingerprint density at radius 2 is 2.10 bits per heavy atom. The van der Waals surface area contributed by atoms with Gasteiger partial charge in [-0.1, -0.05) is 19.9 Å². The number of hydrogen-bond donors (Lipinski definition) is 0. The molecule has 0 bridgehead atoms. The van der Waals surface area contributed by atoms with Crippen molar-refractivity contribution >= 4 is 16.7 Å². The van der Waals surface area contributed by atoms with E-state index in [2.05, 4.69) is 44.0 Å². The van der Waals surface area contributed by atoms with E-state index in [9.17, 15) is 4.79 Å². The zero-order chi connectivity index (χ0) is 15.1. The van der Waals surface area contributed by atoms with Gasteiger partial charge in [-0.15, -0.1) is 0 Å². The van der Waals surface area contributed by atoms with E-state index in [4.69, 9.17) is 4.98 Å². The van der Waals surface area contributed by atoms with Crippen LogP contribution in [0.5, 0.6) is 0 Å². The maximum Gasteiger partial charge on any atom is 0.160 e. The zero-order valence-corrected chi connectivity index (χ0v) is 13.2. The molecule has 1 aromatic heterocycles. The molecular weight excluding hydrogens is 260 g/mol. The molecule has 3 nitrogen and oxygen atoms in total. The lowest BCUT2D eigenvalue weighted by Crippen LogP contribution is -2.29. The number of ketones is 1. The van der Waals surface area contributed by atoms with Crippen LogP contribution in [0.1, 0.15) is 53.9 Å². The number of hydrogen-bond acceptors (Lipinski definition) is 3. The molecule has 0 aliphatic carbocycles. The molecule has 3 rings (SSSR count). The summed E-state index contributed by atoms with van der Waals surface area (Å²) in [5.74, 6) is 0.600. The van der Waals surface area contributed by atoms with Gasteiger partial charge in [0.1, 0.15) is 0 Å². The number of rotatable bonds is 2. The van der Waals surface area contributed by atoms with Gasteiger partial charge in [0.05, 0.1) is 5.52 Å². The molecule has 1 aliphatic heterocycles. The first-order valence-electron chi connectivity index (χ1n) is 7.62. The van der Waals surface area contributed by atoms with Crippen LogP contribution in [0.25, 0.3) is 10.9 Å². The van der Waals surface area contributed by atoms with Crippen molar-refractivity contribution in [2.75, 3.05) is 13.6 Å². The maximum atomic E-state index is 12.3. The van der Waals surface area contributed by atoms with Gasteiger partial charge in [0.2, 0.25) is 0 Å². The second kappa shape index (κ2) is 5.23. The first-order valence-corrected chi connectivity index (χ1v) is 7.62. The number of Topliss-reactive ketones (excluding diaryl/α,β-unsaturated/α-hetero) is 1. The quantitative estimate of drug-likeness (QED) is 0.790. The normalized spacial score (nSPS) is 15.5. The Morgan fingerprint density at radius 3 is 2.76 bits per heavy atom. The molecular formula is C18H22N2O. The summed E-state index contributed by atoms with van der Waals surface area (Å²) in [6.45, 7) is 7.85. The van der Waals surface area contributed by atoms with Crippen LogP contribution in [0.15, 0.2) is 18.2 Å². The summed E-state index contributed by atoms with van der Waals surface area (Å²) in [5, 5.41) is 1.02. The molecule has 0 atom stereocenters. The average molecular weight is 282 g/mol. The number of nitrogens with zero attached hydrogens (tertiary/aromatic N) is 2. The van der Waals surface area contributed by atoms with Gasteiger partial charge in [-0.3, -0.25) is 9.78 Å². The highest BCUT2D eigenvalue weighted by atomic mass is 16.1. The molecule has 2 heterocycles. The minimum absolute atomic E-state index is 0.148. The van der Waals surface area contributed by atoms with Gasteiger partial charge in [0, 0.05) is 36.2 Å². The Bertz CT molecular complexity index is 719. The van der Waals surface area contributed by atoms with Gasteiger partial charge < -0.3 is 4.90 Å². The Balaban J connectivity index is 2.32. The van der Waals surface area contributed by atoms with Crippen LogP contribution in [-0.2, 0) is 13.0 Å². The fourth-order valence-corrected chi connectivity index (χ4v) is 3.16. The molecule has 0 spiro atoms. The van der Waals surface area contributed by atoms with Crippen molar-refractivity contribution < 1.29 is 4.79 Å². The van der Waals surface area contributed by atoms with Crippen LogP contribution in [0.2, 0.25) is 0 Å². The number of aromatic nitrogens is 1. The van der Waals surface area contributed by atoms with Gasteiger partial charge >= 0.3 is 0 Å². The van der Waals surface area contributed by atoms with Crippen LogP contribution < -0.4 is 0 Å². The van der Waals surface area contributed by atoms with Crippen molar-refractivity contribution in [3.63, 3.8) is 0 Å². The van der Waals surface area contributed by atoms with E-state index in [0.717, 1.165) is 47.2 Å². The molecule has 1 aliphatic rings. The van der Waals surface area contributed by atoms with Crippen LogP contribution in [0.3, 0.4) is 0 Å². The SMILES string of the molecule is CC(=O)c1c2c(nc3ccc(C(C)C)cc13)CCN(C)C2. The number of benzene rings is 1. The van der Waals surface area contributed by atoms with E-state index in [0.29, 0.717) is 5.92 Å². The first-order chi connectivity index (χ1) is 9.97. The summed E-state index contributed by atoms with van der Waals surface area (Å²) in [6.07, 6.45) is 0.925. The largest absolute Gasteiger partial charge is 0.302 e. The highest BCUT2D eigenvalue weighted by molar-refractivity contribution is 6.07. The van der Waals surface area contributed by atoms with Gasteiger partial charge in [0.15, 0.2) is 5.78 Å². The molecule has 1 aromatic carbocycles.